The van der Waals surface area contributed by atoms with Gasteiger partial charge >= 0.3 is 5.97 Å². The van der Waals surface area contributed by atoms with Gasteiger partial charge in [0.1, 0.15) is 23.9 Å². The lowest BCUT2D eigenvalue weighted by Gasteiger charge is -2.16. The quantitative estimate of drug-likeness (QED) is 0.514. The molecule has 0 unspecified atom stereocenters. The highest BCUT2D eigenvalue weighted by Gasteiger charge is 2.14. The number of carbonyl (C=O) groups is 2. The Bertz CT molecular complexity index is 910. The topological polar surface area (TPSA) is 109 Å². The summed E-state index contributed by atoms with van der Waals surface area (Å²) in [5.41, 5.74) is 8.16. The van der Waals surface area contributed by atoms with Gasteiger partial charge in [-0.3, -0.25) is 4.79 Å². The predicted octanol–water partition coefficient (Wildman–Crippen LogP) is 3.65. The number of anilines is 1. The van der Waals surface area contributed by atoms with Crippen LogP contribution < -0.4 is 25.3 Å². The monoisotopic (exact) mass is 466 g/mol. The lowest BCUT2D eigenvalue weighted by Crippen LogP contribution is -2.15. The highest BCUT2D eigenvalue weighted by molar-refractivity contribution is 6.04. The molecular formula is C23H31ClN2O6. The Labute approximate surface area is 194 Å². The molecule has 0 aromatic heterocycles. The summed E-state index contributed by atoms with van der Waals surface area (Å²) in [5, 5.41) is 2.86. The number of ether oxygens (including phenoxy) is 4. The Balaban J connectivity index is 0.00000512. The number of hydrogen-bond acceptors (Lipinski definition) is 7. The zero-order valence-electron chi connectivity index (χ0n) is 19.0. The molecule has 0 bridgehead atoms. The number of carbonyl (C=O) groups excluding carboxylic acids is 2. The first kappa shape index (κ1) is 27.1. The van der Waals surface area contributed by atoms with Crippen LogP contribution in [-0.2, 0) is 9.53 Å². The van der Waals surface area contributed by atoms with Crippen molar-refractivity contribution in [3.8, 4) is 17.2 Å². The van der Waals surface area contributed by atoms with Gasteiger partial charge in [0.2, 0.25) is 0 Å². The molecule has 0 aliphatic rings. The first-order valence-electron chi connectivity index (χ1n) is 10.00. The van der Waals surface area contributed by atoms with Crippen molar-refractivity contribution in [3.63, 3.8) is 0 Å². The van der Waals surface area contributed by atoms with E-state index < -0.39 is 5.97 Å². The number of nitrogens with one attached hydrogen (secondary N) is 1. The van der Waals surface area contributed by atoms with Crippen LogP contribution in [0.1, 0.15) is 35.3 Å². The summed E-state index contributed by atoms with van der Waals surface area (Å²) in [6.45, 7) is 8.11. The van der Waals surface area contributed by atoms with Crippen molar-refractivity contribution in [1.82, 2.24) is 0 Å². The minimum absolute atomic E-state index is 0. The second-order valence-corrected chi connectivity index (χ2v) is 7.25. The maximum atomic E-state index is 12.9. The molecule has 0 saturated carbocycles. The summed E-state index contributed by atoms with van der Waals surface area (Å²) < 4.78 is 21.5. The molecule has 32 heavy (non-hydrogen) atoms. The van der Waals surface area contributed by atoms with E-state index in [1.165, 1.54) is 7.11 Å². The van der Waals surface area contributed by atoms with Crippen LogP contribution in [0.2, 0.25) is 0 Å². The van der Waals surface area contributed by atoms with Gasteiger partial charge in [-0.25, -0.2) is 4.79 Å². The van der Waals surface area contributed by atoms with Gasteiger partial charge in [-0.05, 0) is 51.0 Å². The molecule has 9 heteroatoms. The molecule has 0 atom stereocenters. The number of amides is 1. The van der Waals surface area contributed by atoms with Crippen LogP contribution in [0.4, 0.5) is 5.69 Å². The Morgan fingerprint density at radius 1 is 1.00 bits per heavy atom. The molecule has 0 spiro atoms. The van der Waals surface area contributed by atoms with Crippen molar-refractivity contribution in [2.75, 3.05) is 32.2 Å². The van der Waals surface area contributed by atoms with E-state index in [-0.39, 0.29) is 31.0 Å². The normalized spacial score (nSPS) is 10.2. The number of hydrogen-bond donors (Lipinski definition) is 2. The van der Waals surface area contributed by atoms with Crippen LogP contribution in [0.25, 0.3) is 0 Å². The van der Waals surface area contributed by atoms with E-state index in [2.05, 4.69) is 10.1 Å². The maximum Gasteiger partial charge on any atom is 0.343 e. The van der Waals surface area contributed by atoms with E-state index in [0.29, 0.717) is 35.9 Å². The fraction of sp³-hybridized carbons (Fsp3) is 0.391. The number of methoxy groups -OCH3 is 1. The van der Waals surface area contributed by atoms with Gasteiger partial charge in [0.25, 0.3) is 5.91 Å². The second kappa shape index (κ2) is 12.8. The standard InChI is InChI=1S/C23H30N2O6.ClH/c1-14(2)31-20-11-18(10-19(12-20)30-13-21(26)28-5)25-23(27)17-8-15(3)22(16(4)9-17)29-7-6-24;/h8-12,14H,6-7,13,24H2,1-5H3,(H,25,27);1H. The summed E-state index contributed by atoms with van der Waals surface area (Å²) in [6, 6.07) is 8.49. The van der Waals surface area contributed by atoms with Gasteiger partial charge in [-0.2, -0.15) is 0 Å². The smallest absolute Gasteiger partial charge is 0.343 e. The molecule has 0 saturated heterocycles. The van der Waals surface area contributed by atoms with Crippen molar-refractivity contribution in [2.45, 2.75) is 33.8 Å². The summed E-state index contributed by atoms with van der Waals surface area (Å²) in [5.74, 6) is 0.802. The van der Waals surface area contributed by atoms with E-state index in [1.807, 2.05) is 27.7 Å². The van der Waals surface area contributed by atoms with Gasteiger partial charge in [0.15, 0.2) is 6.61 Å². The van der Waals surface area contributed by atoms with E-state index in [9.17, 15) is 9.59 Å². The van der Waals surface area contributed by atoms with Gasteiger partial charge in [0, 0.05) is 36.0 Å². The number of aryl methyl sites for hydroxylation is 2. The predicted molar refractivity (Wildman–Crippen MR) is 125 cm³/mol. The largest absolute Gasteiger partial charge is 0.492 e. The van der Waals surface area contributed by atoms with Gasteiger partial charge in [0.05, 0.1) is 13.2 Å². The number of rotatable bonds is 10. The molecular weight excluding hydrogens is 436 g/mol. The summed E-state index contributed by atoms with van der Waals surface area (Å²) in [6.07, 6.45) is -0.0780. The van der Waals surface area contributed by atoms with E-state index in [1.54, 1.807) is 30.3 Å². The average Bonchev–Trinajstić information content (AvgIpc) is 2.70. The Hall–Kier alpha value is -2.97. The highest BCUT2D eigenvalue weighted by Crippen LogP contribution is 2.29. The Kier molecular flexibility index (Phi) is 10.8. The third-order valence-corrected chi connectivity index (χ3v) is 4.18. The van der Waals surface area contributed by atoms with Gasteiger partial charge in [-0.15, -0.1) is 12.4 Å². The molecule has 8 nitrogen and oxygen atoms in total. The lowest BCUT2D eigenvalue weighted by molar-refractivity contribution is -0.142. The van der Waals surface area contributed by atoms with Crippen molar-refractivity contribution < 1.29 is 28.5 Å². The fourth-order valence-electron chi connectivity index (χ4n) is 2.94. The first-order valence-corrected chi connectivity index (χ1v) is 10.00. The van der Waals surface area contributed by atoms with Crippen molar-refractivity contribution in [2.24, 2.45) is 5.73 Å². The molecule has 0 heterocycles. The molecule has 2 rings (SSSR count). The van der Waals surface area contributed by atoms with Crippen LogP contribution in [0.5, 0.6) is 17.2 Å². The highest BCUT2D eigenvalue weighted by atomic mass is 35.5. The van der Waals surface area contributed by atoms with Crippen LogP contribution >= 0.6 is 12.4 Å². The molecule has 1 amide bonds. The van der Waals surface area contributed by atoms with Crippen molar-refractivity contribution in [3.05, 3.63) is 47.0 Å². The molecule has 3 N–H and O–H groups in total. The van der Waals surface area contributed by atoms with E-state index in [0.717, 1.165) is 16.9 Å². The van der Waals surface area contributed by atoms with Crippen LogP contribution in [0.3, 0.4) is 0 Å². The molecule has 0 aliphatic heterocycles. The minimum Gasteiger partial charge on any atom is -0.492 e. The SMILES string of the molecule is COC(=O)COc1cc(NC(=O)c2cc(C)c(OCCN)c(C)c2)cc(OC(C)C)c1.Cl. The average molecular weight is 467 g/mol. The van der Waals surface area contributed by atoms with Crippen LogP contribution in [0.15, 0.2) is 30.3 Å². The minimum atomic E-state index is -0.510. The molecule has 2 aromatic rings. The number of benzene rings is 2. The summed E-state index contributed by atoms with van der Waals surface area (Å²) >= 11 is 0. The third-order valence-electron chi connectivity index (χ3n) is 4.18. The number of nitrogens with two attached hydrogens (primary N) is 1. The molecule has 2 aromatic carbocycles. The Morgan fingerprint density at radius 2 is 1.62 bits per heavy atom. The molecule has 0 fully saturated rings. The van der Waals surface area contributed by atoms with Crippen LogP contribution in [0, 0.1) is 13.8 Å². The van der Waals surface area contributed by atoms with Gasteiger partial charge in [-0.1, -0.05) is 0 Å². The molecule has 176 valence electrons. The van der Waals surface area contributed by atoms with Gasteiger partial charge < -0.3 is 30.0 Å². The second-order valence-electron chi connectivity index (χ2n) is 7.25. The lowest BCUT2D eigenvalue weighted by atomic mass is 10.0. The number of halogens is 1. The third kappa shape index (κ3) is 7.94. The zero-order chi connectivity index (χ0) is 23.0. The van der Waals surface area contributed by atoms with Crippen molar-refractivity contribution >= 4 is 30.0 Å². The summed E-state index contributed by atoms with van der Waals surface area (Å²) in [4.78, 5) is 24.3. The first-order chi connectivity index (χ1) is 14.7. The van der Waals surface area contributed by atoms with E-state index >= 15 is 0 Å². The number of esters is 1. The van der Waals surface area contributed by atoms with Crippen molar-refractivity contribution in [1.29, 1.82) is 0 Å². The van der Waals surface area contributed by atoms with Crippen LogP contribution in [-0.4, -0.2) is 44.8 Å². The Morgan fingerprint density at radius 3 is 2.19 bits per heavy atom. The molecule has 0 aliphatic carbocycles. The fourth-order valence-corrected chi connectivity index (χ4v) is 2.94. The summed E-state index contributed by atoms with van der Waals surface area (Å²) in [7, 11) is 1.28. The van der Waals surface area contributed by atoms with E-state index in [4.69, 9.17) is 19.9 Å². The molecule has 0 radical (unpaired) electrons. The maximum absolute atomic E-state index is 12.9. The zero-order valence-corrected chi connectivity index (χ0v) is 19.8.